The molecule has 124 valence electrons. The van der Waals surface area contributed by atoms with Crippen molar-refractivity contribution in [3.63, 3.8) is 0 Å². The van der Waals surface area contributed by atoms with Crippen molar-refractivity contribution in [2.24, 2.45) is 0 Å². The molecule has 0 aliphatic carbocycles. The maximum Gasteiger partial charge on any atom is 0.437 e. The smallest absolute Gasteiger partial charge is 0.437 e. The first-order valence-electron chi connectivity index (χ1n) is 6.07. The molecule has 1 aromatic rings. The van der Waals surface area contributed by atoms with Crippen LogP contribution >= 0.6 is 0 Å². The first-order chi connectivity index (χ1) is 10.00. The Labute approximate surface area is 121 Å². The monoisotopic (exact) mass is 330 g/mol. The van der Waals surface area contributed by atoms with Crippen LogP contribution < -0.4 is 0 Å². The third-order valence-corrected chi connectivity index (χ3v) is 2.80. The van der Waals surface area contributed by atoms with Crippen LogP contribution in [0.5, 0.6) is 0 Å². The van der Waals surface area contributed by atoms with Crippen molar-refractivity contribution in [3.05, 3.63) is 35.9 Å². The normalized spacial score (nSPS) is 13.0. The number of carbonyl (C=O) groups is 1. The molecule has 0 radical (unpaired) electrons. The molecular formula is C13H12F6O3. The van der Waals surface area contributed by atoms with Gasteiger partial charge in [-0.05, 0) is 18.4 Å². The lowest BCUT2D eigenvalue weighted by molar-refractivity contribution is -0.356. The maximum atomic E-state index is 12.4. The molecule has 1 N–H and O–H groups in total. The zero-order valence-electron chi connectivity index (χ0n) is 11.0. The number of carbonyl (C=O) groups excluding carboxylic acids is 1. The summed E-state index contributed by atoms with van der Waals surface area (Å²) in [6, 6.07) is 8.53. The van der Waals surface area contributed by atoms with Gasteiger partial charge in [-0.2, -0.15) is 26.3 Å². The molecule has 0 atom stereocenters. The van der Waals surface area contributed by atoms with E-state index in [-0.39, 0.29) is 6.42 Å². The van der Waals surface area contributed by atoms with Crippen LogP contribution in [0.2, 0.25) is 0 Å². The Hall–Kier alpha value is -1.77. The highest BCUT2D eigenvalue weighted by molar-refractivity contribution is 5.81. The molecule has 1 aromatic carbocycles. The van der Waals surface area contributed by atoms with Crippen LogP contribution in [-0.4, -0.2) is 35.6 Å². The maximum absolute atomic E-state index is 12.4. The predicted octanol–water partition coefficient (Wildman–Crippen LogP) is 3.02. The van der Waals surface area contributed by atoms with Crippen LogP contribution in [0.1, 0.15) is 12.0 Å². The topological polar surface area (TPSA) is 46.5 Å². The van der Waals surface area contributed by atoms with Crippen molar-refractivity contribution in [3.8, 4) is 0 Å². The third kappa shape index (κ3) is 3.90. The summed E-state index contributed by atoms with van der Waals surface area (Å²) < 4.78 is 78.1. The zero-order chi connectivity index (χ0) is 17.0. The molecule has 3 nitrogen and oxygen atoms in total. The minimum atomic E-state index is -6.22. The highest BCUT2D eigenvalue weighted by atomic mass is 19.4. The highest BCUT2D eigenvalue weighted by Crippen LogP contribution is 2.43. The number of hydrogen-bond donors (Lipinski definition) is 1. The lowest BCUT2D eigenvalue weighted by Gasteiger charge is -2.29. The Kier molecular flexibility index (Phi) is 5.44. The third-order valence-electron chi connectivity index (χ3n) is 2.80. The Bertz CT molecular complexity index is 481. The minimum absolute atomic E-state index is 0.0154. The summed E-state index contributed by atoms with van der Waals surface area (Å²) in [5.74, 6) is -2.78. The van der Waals surface area contributed by atoms with Crippen molar-refractivity contribution in [2.45, 2.75) is 30.8 Å². The summed E-state index contributed by atoms with van der Waals surface area (Å²) in [7, 11) is 0. The van der Waals surface area contributed by atoms with E-state index < -0.39 is 30.5 Å². The lowest BCUT2D eigenvalue weighted by Crippen LogP contribution is -2.63. The molecule has 0 fully saturated rings. The van der Waals surface area contributed by atoms with E-state index in [1.165, 1.54) is 0 Å². The zero-order valence-corrected chi connectivity index (χ0v) is 11.0. The van der Waals surface area contributed by atoms with Crippen molar-refractivity contribution in [1.82, 2.24) is 0 Å². The summed E-state index contributed by atoms with van der Waals surface area (Å²) in [5, 5.41) is 8.74. The first-order valence-corrected chi connectivity index (χ1v) is 6.07. The van der Waals surface area contributed by atoms with Crippen molar-refractivity contribution in [2.75, 3.05) is 6.61 Å². The van der Waals surface area contributed by atoms with Crippen molar-refractivity contribution in [1.29, 1.82) is 0 Å². The number of ether oxygens (including phenoxy) is 1. The molecule has 0 saturated carbocycles. The Morgan fingerprint density at radius 3 is 1.95 bits per heavy atom. The van der Waals surface area contributed by atoms with E-state index in [0.717, 1.165) is 5.56 Å². The Morgan fingerprint density at radius 2 is 1.50 bits per heavy atom. The Balaban J connectivity index is 2.62. The summed E-state index contributed by atoms with van der Waals surface area (Å²) in [6.07, 6.45) is -12.1. The number of aliphatic hydroxyl groups is 1. The fraction of sp³-hybridized carbons (Fsp3) is 0.462. The standard InChI is InChI=1S/C13H12F6O3/c14-12(15,16)11(21,13(17,18)19)10(20)22-8-4-7-9-5-2-1-3-6-9/h1-3,5-6,21H,4,7-8H2. The second-order valence-electron chi connectivity index (χ2n) is 4.43. The van der Waals surface area contributed by atoms with Gasteiger partial charge in [-0.1, -0.05) is 30.3 Å². The minimum Gasteiger partial charge on any atom is -0.463 e. The molecule has 0 aromatic heterocycles. The van der Waals surface area contributed by atoms with Gasteiger partial charge in [0.15, 0.2) is 0 Å². The SMILES string of the molecule is O=C(OCCCc1ccccc1)C(O)(C(F)(F)F)C(F)(F)F. The molecular weight excluding hydrogens is 318 g/mol. The van der Waals surface area contributed by atoms with E-state index in [1.54, 1.807) is 30.3 Å². The van der Waals surface area contributed by atoms with E-state index in [9.17, 15) is 31.1 Å². The van der Waals surface area contributed by atoms with Gasteiger partial charge in [-0.15, -0.1) is 0 Å². The summed E-state index contributed by atoms with van der Waals surface area (Å²) >= 11 is 0. The van der Waals surface area contributed by atoms with Gasteiger partial charge < -0.3 is 9.84 Å². The molecule has 1 rings (SSSR count). The second-order valence-corrected chi connectivity index (χ2v) is 4.43. The number of rotatable bonds is 5. The number of benzene rings is 1. The molecule has 0 amide bonds. The van der Waals surface area contributed by atoms with Gasteiger partial charge in [0.2, 0.25) is 0 Å². The van der Waals surface area contributed by atoms with Crippen LogP contribution in [0.15, 0.2) is 30.3 Å². The lowest BCUT2D eigenvalue weighted by atomic mass is 10.0. The molecule has 9 heteroatoms. The summed E-state index contributed by atoms with van der Waals surface area (Å²) in [5.41, 5.74) is -4.74. The largest absolute Gasteiger partial charge is 0.463 e. The molecule has 0 unspecified atom stereocenters. The van der Waals surface area contributed by atoms with Gasteiger partial charge in [0, 0.05) is 0 Å². The second kappa shape index (κ2) is 6.55. The number of halogens is 6. The van der Waals surface area contributed by atoms with Crippen LogP contribution in [0.25, 0.3) is 0 Å². The highest BCUT2D eigenvalue weighted by Gasteiger charge is 2.76. The van der Waals surface area contributed by atoms with Gasteiger partial charge in [0.05, 0.1) is 6.61 Å². The van der Waals surface area contributed by atoms with Gasteiger partial charge in [0.1, 0.15) is 0 Å². The van der Waals surface area contributed by atoms with Crippen LogP contribution in [0, 0.1) is 0 Å². The molecule has 0 spiro atoms. The van der Waals surface area contributed by atoms with E-state index in [2.05, 4.69) is 4.74 Å². The van der Waals surface area contributed by atoms with Crippen LogP contribution in [-0.2, 0) is 16.0 Å². The quantitative estimate of drug-likeness (QED) is 0.513. The van der Waals surface area contributed by atoms with Crippen molar-refractivity contribution >= 4 is 5.97 Å². The average Bonchev–Trinajstić information content (AvgIpc) is 2.41. The molecule has 22 heavy (non-hydrogen) atoms. The summed E-state index contributed by atoms with van der Waals surface area (Å²) in [6.45, 7) is -0.678. The van der Waals surface area contributed by atoms with Crippen LogP contribution in [0.3, 0.4) is 0 Å². The molecule has 0 heterocycles. The van der Waals surface area contributed by atoms with E-state index in [1.807, 2.05) is 0 Å². The van der Waals surface area contributed by atoms with E-state index >= 15 is 0 Å². The number of aryl methyl sites for hydroxylation is 1. The molecule has 0 aliphatic rings. The van der Waals surface area contributed by atoms with Gasteiger partial charge in [-0.3, -0.25) is 0 Å². The van der Waals surface area contributed by atoms with Gasteiger partial charge in [-0.25, -0.2) is 4.79 Å². The molecule has 0 saturated heterocycles. The van der Waals surface area contributed by atoms with Gasteiger partial charge >= 0.3 is 23.9 Å². The number of esters is 1. The van der Waals surface area contributed by atoms with Crippen LogP contribution in [0.4, 0.5) is 26.3 Å². The predicted molar refractivity (Wildman–Crippen MR) is 62.8 cm³/mol. The number of alkyl halides is 6. The van der Waals surface area contributed by atoms with E-state index in [0.29, 0.717) is 6.42 Å². The Morgan fingerprint density at radius 1 is 1.00 bits per heavy atom. The summed E-state index contributed by atoms with van der Waals surface area (Å²) in [4.78, 5) is 11.1. The average molecular weight is 330 g/mol. The molecule has 0 bridgehead atoms. The van der Waals surface area contributed by atoms with Crippen molar-refractivity contribution < 1.29 is 41.0 Å². The number of hydrogen-bond acceptors (Lipinski definition) is 3. The fourth-order valence-electron chi connectivity index (χ4n) is 1.58. The van der Waals surface area contributed by atoms with Gasteiger partial charge in [0.25, 0.3) is 0 Å². The fourth-order valence-corrected chi connectivity index (χ4v) is 1.58. The first kappa shape index (κ1) is 18.3. The van der Waals surface area contributed by atoms with E-state index in [4.69, 9.17) is 5.11 Å². The molecule has 0 aliphatic heterocycles.